The second-order valence-electron chi connectivity index (χ2n) is 4.77. The van der Waals surface area contributed by atoms with Gasteiger partial charge in [0.15, 0.2) is 6.23 Å². The molecule has 1 heterocycles. The molecule has 1 fully saturated rings. The molecule has 2 rings (SSSR count). The van der Waals surface area contributed by atoms with E-state index in [0.29, 0.717) is 12.4 Å². The minimum Gasteiger partial charge on any atom is -0.494 e. The van der Waals surface area contributed by atoms with Crippen LogP contribution >= 0.6 is 0 Å². The fraction of sp³-hybridized carbons (Fsp3) is 0.538. The van der Waals surface area contributed by atoms with Gasteiger partial charge < -0.3 is 30.1 Å². The summed E-state index contributed by atoms with van der Waals surface area (Å²) >= 11 is 0. The molecule has 1 aliphatic rings. The molecule has 1 aliphatic heterocycles. The Morgan fingerprint density at radius 2 is 2.14 bits per heavy atom. The quantitative estimate of drug-likeness (QED) is 0.420. The number of anilines is 1. The van der Waals surface area contributed by atoms with E-state index in [0.717, 1.165) is 0 Å². The molecule has 0 aliphatic carbocycles. The number of aliphatic hydroxyl groups is 3. The first-order valence-electron chi connectivity index (χ1n) is 6.78. The number of nitrogens with zero attached hydrogens (tertiary/aromatic N) is 1. The average molecular weight is 314 g/mol. The molecule has 9 heteroatoms. The summed E-state index contributed by atoms with van der Waals surface area (Å²) in [6.07, 6.45) is -4.61. The van der Waals surface area contributed by atoms with E-state index < -0.39 is 36.1 Å². The maximum atomic E-state index is 11.1. The van der Waals surface area contributed by atoms with Crippen LogP contribution in [0.25, 0.3) is 0 Å². The Morgan fingerprint density at radius 1 is 1.41 bits per heavy atom. The van der Waals surface area contributed by atoms with Gasteiger partial charge in [-0.15, -0.1) is 0 Å². The molecule has 9 nitrogen and oxygen atoms in total. The SMILES string of the molecule is CCOc1ccc(N[C@@H]2O[C@@H](CO)[C@@H](O)[C@H]2O)c([N+](=O)[O-])c1. The fourth-order valence-corrected chi connectivity index (χ4v) is 2.21. The summed E-state index contributed by atoms with van der Waals surface area (Å²) in [6.45, 7) is 1.66. The Bertz CT molecular complexity index is 539. The Hall–Kier alpha value is -1.94. The molecule has 0 amide bonds. The minimum absolute atomic E-state index is 0.114. The van der Waals surface area contributed by atoms with E-state index in [4.69, 9.17) is 14.6 Å². The lowest BCUT2D eigenvalue weighted by atomic mass is 10.1. The van der Waals surface area contributed by atoms with Crippen molar-refractivity contribution in [3.8, 4) is 5.75 Å². The number of nitro benzene ring substituents is 1. The zero-order valence-electron chi connectivity index (χ0n) is 11.9. The summed E-state index contributed by atoms with van der Waals surface area (Å²) in [6, 6.07) is 4.23. The van der Waals surface area contributed by atoms with Gasteiger partial charge >= 0.3 is 0 Å². The van der Waals surface area contributed by atoms with Gasteiger partial charge in [-0.2, -0.15) is 0 Å². The van der Waals surface area contributed by atoms with Crippen molar-refractivity contribution in [1.29, 1.82) is 0 Å². The van der Waals surface area contributed by atoms with Gasteiger partial charge in [-0.3, -0.25) is 10.1 Å². The number of hydrogen-bond donors (Lipinski definition) is 4. The molecule has 0 aromatic heterocycles. The number of nitro groups is 1. The molecule has 4 atom stereocenters. The fourth-order valence-electron chi connectivity index (χ4n) is 2.21. The zero-order valence-corrected chi connectivity index (χ0v) is 11.9. The first-order valence-corrected chi connectivity index (χ1v) is 6.78. The molecule has 1 saturated heterocycles. The van der Waals surface area contributed by atoms with Gasteiger partial charge in [-0.1, -0.05) is 0 Å². The number of benzene rings is 1. The van der Waals surface area contributed by atoms with Crippen LogP contribution in [0.2, 0.25) is 0 Å². The number of aliphatic hydroxyl groups excluding tert-OH is 3. The Balaban J connectivity index is 2.20. The van der Waals surface area contributed by atoms with Crippen molar-refractivity contribution in [2.24, 2.45) is 0 Å². The first kappa shape index (κ1) is 16.4. The third kappa shape index (κ3) is 3.28. The van der Waals surface area contributed by atoms with E-state index in [-0.39, 0.29) is 11.4 Å². The summed E-state index contributed by atoms with van der Waals surface area (Å²) < 4.78 is 10.4. The second-order valence-corrected chi connectivity index (χ2v) is 4.77. The molecule has 122 valence electrons. The topological polar surface area (TPSA) is 134 Å². The molecule has 0 spiro atoms. The maximum Gasteiger partial charge on any atom is 0.296 e. The highest BCUT2D eigenvalue weighted by Gasteiger charge is 2.42. The van der Waals surface area contributed by atoms with E-state index in [1.54, 1.807) is 13.0 Å². The Labute approximate surface area is 126 Å². The van der Waals surface area contributed by atoms with Gasteiger partial charge in [0.05, 0.1) is 24.2 Å². The highest BCUT2D eigenvalue weighted by Crippen LogP contribution is 2.32. The molecule has 0 saturated carbocycles. The lowest BCUT2D eigenvalue weighted by Gasteiger charge is -2.18. The zero-order chi connectivity index (χ0) is 16.3. The van der Waals surface area contributed by atoms with Crippen LogP contribution in [0.1, 0.15) is 6.92 Å². The van der Waals surface area contributed by atoms with E-state index in [1.807, 2.05) is 0 Å². The predicted octanol–water partition coefficient (Wildman–Crippen LogP) is -0.156. The summed E-state index contributed by atoms with van der Waals surface area (Å²) in [5.74, 6) is 0.348. The van der Waals surface area contributed by atoms with Crippen LogP contribution in [0.4, 0.5) is 11.4 Å². The van der Waals surface area contributed by atoms with E-state index in [1.165, 1.54) is 12.1 Å². The van der Waals surface area contributed by atoms with Gasteiger partial charge in [-0.05, 0) is 19.1 Å². The largest absolute Gasteiger partial charge is 0.494 e. The molecule has 4 N–H and O–H groups in total. The normalized spacial score (nSPS) is 27.6. The predicted molar refractivity (Wildman–Crippen MR) is 75.6 cm³/mol. The van der Waals surface area contributed by atoms with E-state index in [9.17, 15) is 20.3 Å². The lowest BCUT2D eigenvalue weighted by Crippen LogP contribution is -2.36. The molecular formula is C13H18N2O7. The first-order chi connectivity index (χ1) is 10.5. The standard InChI is InChI=1S/C13H18N2O7/c1-2-21-7-3-4-8(9(5-7)15(19)20)14-13-12(18)11(17)10(6-16)22-13/h3-5,10-14,16-18H,2,6H2,1H3/t10-,11+,12+,13+/m0/s1. The van der Waals surface area contributed by atoms with Gasteiger partial charge in [-0.25, -0.2) is 0 Å². The molecule has 22 heavy (non-hydrogen) atoms. The molecule has 0 unspecified atom stereocenters. The van der Waals surface area contributed by atoms with Crippen LogP contribution in [0.5, 0.6) is 5.75 Å². The third-order valence-electron chi connectivity index (χ3n) is 3.32. The number of hydrogen-bond acceptors (Lipinski definition) is 8. The van der Waals surface area contributed by atoms with Crippen molar-refractivity contribution in [2.45, 2.75) is 31.5 Å². The summed E-state index contributed by atoms with van der Waals surface area (Å²) in [5.41, 5.74) is -0.132. The lowest BCUT2D eigenvalue weighted by molar-refractivity contribution is -0.384. The summed E-state index contributed by atoms with van der Waals surface area (Å²) in [5, 5.41) is 42.3. The van der Waals surface area contributed by atoms with Crippen LogP contribution in [-0.4, -0.2) is 58.0 Å². The second kappa shape index (κ2) is 6.88. The van der Waals surface area contributed by atoms with Gasteiger partial charge in [0.2, 0.25) is 0 Å². The summed E-state index contributed by atoms with van der Waals surface area (Å²) in [7, 11) is 0. The molecule has 1 aromatic carbocycles. The van der Waals surface area contributed by atoms with Crippen LogP contribution in [0, 0.1) is 10.1 Å². The van der Waals surface area contributed by atoms with Crippen LogP contribution in [0.15, 0.2) is 18.2 Å². The van der Waals surface area contributed by atoms with Crippen molar-refractivity contribution in [3.05, 3.63) is 28.3 Å². The molecular weight excluding hydrogens is 296 g/mol. The van der Waals surface area contributed by atoms with E-state index >= 15 is 0 Å². The number of ether oxygens (including phenoxy) is 2. The van der Waals surface area contributed by atoms with Crippen LogP contribution in [0.3, 0.4) is 0 Å². The van der Waals surface area contributed by atoms with Crippen molar-refractivity contribution < 1.29 is 29.7 Å². The smallest absolute Gasteiger partial charge is 0.296 e. The average Bonchev–Trinajstić information content (AvgIpc) is 2.76. The molecule has 0 radical (unpaired) electrons. The van der Waals surface area contributed by atoms with E-state index in [2.05, 4.69) is 5.32 Å². The summed E-state index contributed by atoms with van der Waals surface area (Å²) in [4.78, 5) is 10.5. The van der Waals surface area contributed by atoms with Gasteiger partial charge in [0.1, 0.15) is 29.7 Å². The highest BCUT2D eigenvalue weighted by molar-refractivity contribution is 5.64. The maximum absolute atomic E-state index is 11.1. The highest BCUT2D eigenvalue weighted by atomic mass is 16.6. The van der Waals surface area contributed by atoms with Crippen molar-refractivity contribution >= 4 is 11.4 Å². The van der Waals surface area contributed by atoms with Crippen molar-refractivity contribution in [3.63, 3.8) is 0 Å². The van der Waals surface area contributed by atoms with Crippen LogP contribution < -0.4 is 10.1 Å². The van der Waals surface area contributed by atoms with Crippen molar-refractivity contribution in [2.75, 3.05) is 18.5 Å². The minimum atomic E-state index is -1.32. The molecule has 0 bridgehead atoms. The number of nitrogens with one attached hydrogen (secondary N) is 1. The number of rotatable bonds is 6. The Kier molecular flexibility index (Phi) is 5.14. The van der Waals surface area contributed by atoms with Crippen LogP contribution in [-0.2, 0) is 4.74 Å². The van der Waals surface area contributed by atoms with Gasteiger partial charge in [0, 0.05) is 0 Å². The monoisotopic (exact) mass is 314 g/mol. The Morgan fingerprint density at radius 3 is 2.68 bits per heavy atom. The third-order valence-corrected chi connectivity index (χ3v) is 3.32. The molecule has 1 aromatic rings. The van der Waals surface area contributed by atoms with Gasteiger partial charge in [0.25, 0.3) is 5.69 Å². The van der Waals surface area contributed by atoms with Crippen molar-refractivity contribution in [1.82, 2.24) is 0 Å².